The molecular weight excluding hydrogens is 270 g/mol. The molecular formula is C10H15N5O3S. The number of rotatable bonds is 2. The summed E-state index contributed by atoms with van der Waals surface area (Å²) in [5, 5.41) is 2.83. The van der Waals surface area contributed by atoms with Gasteiger partial charge >= 0.3 is 6.03 Å². The fourth-order valence-corrected chi connectivity index (χ4v) is 3.89. The van der Waals surface area contributed by atoms with Gasteiger partial charge in [-0.2, -0.15) is 4.31 Å². The Morgan fingerprint density at radius 2 is 2.21 bits per heavy atom. The molecule has 0 saturated carbocycles. The third-order valence-corrected chi connectivity index (χ3v) is 5.27. The average Bonchev–Trinajstić information content (AvgIpc) is 2.96. The minimum absolute atomic E-state index is 0.0833. The van der Waals surface area contributed by atoms with Crippen LogP contribution in [0.2, 0.25) is 0 Å². The highest BCUT2D eigenvalue weighted by Crippen LogP contribution is 2.20. The van der Waals surface area contributed by atoms with Gasteiger partial charge in [-0.25, -0.2) is 18.2 Å². The lowest BCUT2D eigenvalue weighted by Gasteiger charge is -2.35. The molecule has 1 unspecified atom stereocenters. The molecule has 2 aliphatic heterocycles. The van der Waals surface area contributed by atoms with Crippen LogP contribution in [0.1, 0.15) is 5.82 Å². The van der Waals surface area contributed by atoms with E-state index in [2.05, 4.69) is 15.3 Å². The first-order chi connectivity index (χ1) is 8.98. The lowest BCUT2D eigenvalue weighted by Crippen LogP contribution is -2.53. The Kier molecular flexibility index (Phi) is 2.75. The van der Waals surface area contributed by atoms with E-state index in [9.17, 15) is 13.2 Å². The van der Waals surface area contributed by atoms with Crippen LogP contribution in [0.15, 0.2) is 11.2 Å². The molecule has 3 rings (SSSR count). The van der Waals surface area contributed by atoms with Crippen LogP contribution >= 0.6 is 0 Å². The van der Waals surface area contributed by atoms with Crippen molar-refractivity contribution < 1.29 is 13.2 Å². The molecule has 1 aromatic heterocycles. The number of amides is 2. The van der Waals surface area contributed by atoms with E-state index in [0.29, 0.717) is 32.0 Å². The van der Waals surface area contributed by atoms with E-state index in [1.54, 1.807) is 11.8 Å². The van der Waals surface area contributed by atoms with Crippen LogP contribution in [0.25, 0.3) is 0 Å². The van der Waals surface area contributed by atoms with Crippen molar-refractivity contribution in [3.05, 3.63) is 12.0 Å². The highest BCUT2D eigenvalue weighted by molar-refractivity contribution is 7.89. The van der Waals surface area contributed by atoms with Gasteiger partial charge < -0.3 is 15.2 Å². The number of hydrogen-bond donors (Lipinski definition) is 2. The normalized spacial score (nSPS) is 24.4. The van der Waals surface area contributed by atoms with Crippen LogP contribution in [-0.4, -0.2) is 65.8 Å². The van der Waals surface area contributed by atoms with Crippen LogP contribution in [0.4, 0.5) is 4.79 Å². The minimum atomic E-state index is -3.55. The molecule has 2 fully saturated rings. The van der Waals surface area contributed by atoms with Gasteiger partial charge in [-0.1, -0.05) is 0 Å². The quantitative estimate of drug-likeness (QED) is 0.737. The molecule has 0 aliphatic carbocycles. The number of hydrogen-bond acceptors (Lipinski definition) is 4. The highest BCUT2D eigenvalue weighted by Gasteiger charge is 2.40. The van der Waals surface area contributed by atoms with Gasteiger partial charge in [0.2, 0.25) is 0 Å². The second kappa shape index (κ2) is 4.20. The number of nitrogens with one attached hydrogen (secondary N) is 2. The maximum atomic E-state index is 12.4. The van der Waals surface area contributed by atoms with Crippen molar-refractivity contribution in [3.63, 3.8) is 0 Å². The molecule has 104 valence electrons. The third-order valence-electron chi connectivity index (χ3n) is 3.49. The molecule has 0 aromatic carbocycles. The third kappa shape index (κ3) is 1.98. The van der Waals surface area contributed by atoms with Gasteiger partial charge in [-0.3, -0.25) is 0 Å². The maximum Gasteiger partial charge on any atom is 0.317 e. The summed E-state index contributed by atoms with van der Waals surface area (Å²) < 4.78 is 26.2. The van der Waals surface area contributed by atoms with Gasteiger partial charge in [0.25, 0.3) is 10.0 Å². The number of urea groups is 1. The van der Waals surface area contributed by atoms with Crippen LogP contribution in [0.3, 0.4) is 0 Å². The van der Waals surface area contributed by atoms with Crippen LogP contribution in [0.5, 0.6) is 0 Å². The molecule has 9 heteroatoms. The first-order valence-corrected chi connectivity index (χ1v) is 7.49. The smallest absolute Gasteiger partial charge is 0.317 e. The predicted molar refractivity (Wildman–Crippen MR) is 66.0 cm³/mol. The van der Waals surface area contributed by atoms with Crippen molar-refractivity contribution in [2.24, 2.45) is 0 Å². The second-order valence-electron chi connectivity index (χ2n) is 4.73. The van der Waals surface area contributed by atoms with Gasteiger partial charge in [-0.15, -0.1) is 0 Å². The van der Waals surface area contributed by atoms with E-state index in [-0.39, 0.29) is 17.1 Å². The van der Waals surface area contributed by atoms with Crippen molar-refractivity contribution in [1.29, 1.82) is 0 Å². The summed E-state index contributed by atoms with van der Waals surface area (Å²) >= 11 is 0. The van der Waals surface area contributed by atoms with Crippen LogP contribution in [0, 0.1) is 6.92 Å². The van der Waals surface area contributed by atoms with Crippen LogP contribution in [-0.2, 0) is 10.0 Å². The van der Waals surface area contributed by atoms with Crippen molar-refractivity contribution in [2.75, 3.05) is 26.2 Å². The van der Waals surface area contributed by atoms with Gasteiger partial charge in [0.15, 0.2) is 5.03 Å². The fraction of sp³-hybridized carbons (Fsp3) is 0.600. The topological polar surface area (TPSA) is 98.4 Å². The maximum absolute atomic E-state index is 12.4. The number of carbonyl (C=O) groups is 1. The fourth-order valence-electron chi connectivity index (χ4n) is 2.46. The van der Waals surface area contributed by atoms with Crippen LogP contribution < -0.4 is 5.32 Å². The molecule has 2 N–H and O–H groups in total. The Balaban J connectivity index is 1.82. The standard InChI is InChI=1S/C10H15N5O3S/c1-7-11-5-9(13-7)19(17,18)14-2-3-15-8(6-14)4-12-10(15)16/h5,8H,2-4,6H2,1H3,(H,11,13)(H,12,16). The Morgan fingerprint density at radius 1 is 1.42 bits per heavy atom. The Hall–Kier alpha value is -1.61. The minimum Gasteiger partial charge on any atom is -0.336 e. The Morgan fingerprint density at radius 3 is 2.89 bits per heavy atom. The molecule has 2 saturated heterocycles. The second-order valence-corrected chi connectivity index (χ2v) is 6.64. The summed E-state index contributed by atoms with van der Waals surface area (Å²) in [7, 11) is -3.55. The number of imidazole rings is 1. The van der Waals surface area contributed by atoms with Gasteiger partial charge in [0.1, 0.15) is 5.82 Å². The lowest BCUT2D eigenvalue weighted by atomic mass is 10.2. The first-order valence-electron chi connectivity index (χ1n) is 6.05. The van der Waals surface area contributed by atoms with Gasteiger partial charge in [-0.05, 0) is 6.92 Å². The zero-order chi connectivity index (χ0) is 13.6. The lowest BCUT2D eigenvalue weighted by molar-refractivity contribution is 0.164. The summed E-state index contributed by atoms with van der Waals surface area (Å²) in [6.45, 7) is 3.25. The van der Waals surface area contributed by atoms with E-state index < -0.39 is 10.0 Å². The number of nitrogens with zero attached hydrogens (tertiary/aromatic N) is 3. The number of aryl methyl sites for hydroxylation is 1. The Labute approximate surface area is 110 Å². The van der Waals surface area contributed by atoms with Gasteiger partial charge in [0, 0.05) is 26.2 Å². The zero-order valence-electron chi connectivity index (χ0n) is 10.5. The van der Waals surface area contributed by atoms with Crippen molar-refractivity contribution in [3.8, 4) is 0 Å². The largest absolute Gasteiger partial charge is 0.336 e. The van der Waals surface area contributed by atoms with Crippen molar-refractivity contribution >= 4 is 16.1 Å². The summed E-state index contributed by atoms with van der Waals surface area (Å²) in [6, 6.07) is -0.195. The monoisotopic (exact) mass is 285 g/mol. The summed E-state index contributed by atoms with van der Waals surface area (Å²) in [4.78, 5) is 19.8. The molecule has 19 heavy (non-hydrogen) atoms. The number of sulfonamides is 1. The van der Waals surface area contributed by atoms with E-state index in [1.165, 1.54) is 10.5 Å². The highest BCUT2D eigenvalue weighted by atomic mass is 32.2. The van der Waals surface area contributed by atoms with Gasteiger partial charge in [0.05, 0.1) is 12.2 Å². The molecule has 2 amide bonds. The SMILES string of the molecule is Cc1ncc(S(=O)(=O)N2CCN3C(=O)NCC3C2)[nH]1. The molecule has 0 spiro atoms. The van der Waals surface area contributed by atoms with E-state index in [0.717, 1.165) is 0 Å². The average molecular weight is 285 g/mol. The molecule has 0 bridgehead atoms. The summed E-state index contributed by atoms with van der Waals surface area (Å²) in [5.74, 6) is 0.565. The molecule has 2 aliphatic rings. The first kappa shape index (κ1) is 12.4. The number of carbonyl (C=O) groups excluding carboxylic acids is 1. The molecule has 0 radical (unpaired) electrons. The number of fused-ring (bicyclic) bond motifs is 1. The predicted octanol–water partition coefficient (Wildman–Crippen LogP) is -0.884. The Bertz CT molecular complexity index is 610. The van der Waals surface area contributed by atoms with Crippen molar-refractivity contribution in [2.45, 2.75) is 18.0 Å². The number of piperazine rings is 1. The molecule has 1 atom stereocenters. The van der Waals surface area contributed by atoms with Crippen molar-refractivity contribution in [1.82, 2.24) is 24.5 Å². The van der Waals surface area contributed by atoms with E-state index in [4.69, 9.17) is 0 Å². The zero-order valence-corrected chi connectivity index (χ0v) is 11.3. The number of aromatic amines is 1. The number of aromatic nitrogens is 2. The molecule has 3 heterocycles. The van der Waals surface area contributed by atoms with E-state index in [1.807, 2.05) is 0 Å². The molecule has 8 nitrogen and oxygen atoms in total. The number of H-pyrrole nitrogens is 1. The summed E-state index contributed by atoms with van der Waals surface area (Å²) in [6.07, 6.45) is 1.33. The van der Waals surface area contributed by atoms with E-state index >= 15 is 0 Å². The molecule has 1 aromatic rings. The summed E-state index contributed by atoms with van der Waals surface area (Å²) in [5.41, 5.74) is 0.